The quantitative estimate of drug-likeness (QED) is 0.167. The number of thiol groups is 1. The zero-order chi connectivity index (χ0) is 27.8. The lowest BCUT2D eigenvalue weighted by molar-refractivity contribution is 0.0691. The molecule has 3 N–H and O–H groups in total. The van der Waals surface area contributed by atoms with Crippen LogP contribution in [0.1, 0.15) is 40.2 Å². The van der Waals surface area contributed by atoms with Crippen LogP contribution in [0.15, 0.2) is 83.1 Å². The normalized spacial score (nSPS) is 13.8. The van der Waals surface area contributed by atoms with Gasteiger partial charge in [0.15, 0.2) is 21.6 Å². The van der Waals surface area contributed by atoms with Crippen LogP contribution >= 0.6 is 11.3 Å². The standard InChI is InChI=1S/C30H25FN4O3S2/c31-25-16-23(40(32)38)12-11-21(25)15-24-27(13-18-9-10-18)35(30-33-26(17-39-30)29(36)37)34-28(24)22-8-4-7-20(14-22)19-5-2-1-3-6-19/h1-8,11-12,14,16-18H,9-10,13,15H2,(H2,32,38)(H,36,37)/p+1. The number of nitrogens with zero attached hydrogens (tertiary/aromatic N) is 3. The molecule has 2 aromatic heterocycles. The molecule has 10 heteroatoms. The minimum absolute atomic E-state index is 0.0421. The number of halogens is 1. The fourth-order valence-electron chi connectivity index (χ4n) is 4.81. The summed E-state index contributed by atoms with van der Waals surface area (Å²) in [6.07, 6.45) is 3.15. The Balaban J connectivity index is 1.53. The second kappa shape index (κ2) is 10.9. The third-order valence-corrected chi connectivity index (χ3v) is 8.67. The van der Waals surface area contributed by atoms with Crippen LogP contribution in [0.4, 0.5) is 4.39 Å². The molecule has 1 aliphatic carbocycles. The highest BCUT2D eigenvalue weighted by Gasteiger charge is 2.30. The van der Waals surface area contributed by atoms with E-state index in [1.165, 1.54) is 22.8 Å². The van der Waals surface area contributed by atoms with Gasteiger partial charge in [0, 0.05) is 29.0 Å². The van der Waals surface area contributed by atoms with E-state index in [0.717, 1.165) is 47.2 Å². The van der Waals surface area contributed by atoms with Crippen LogP contribution in [0, 0.1) is 11.7 Å². The highest BCUT2D eigenvalue weighted by molar-refractivity contribution is 7.82. The van der Waals surface area contributed by atoms with E-state index < -0.39 is 22.8 Å². The molecule has 0 amide bonds. The summed E-state index contributed by atoms with van der Waals surface area (Å²) in [4.78, 5) is 16.2. The minimum atomic E-state index is -2.15. The molecule has 1 fully saturated rings. The Bertz CT molecular complexity index is 1750. The number of aromatic nitrogens is 3. The predicted molar refractivity (Wildman–Crippen MR) is 155 cm³/mol. The number of carboxylic acid groups (broad SMARTS) is 1. The first-order chi connectivity index (χ1) is 19.4. The van der Waals surface area contributed by atoms with Gasteiger partial charge >= 0.3 is 5.97 Å². The molecular formula is C30H26FN4O3S2+. The summed E-state index contributed by atoms with van der Waals surface area (Å²) >= 11 is 1.21. The van der Waals surface area contributed by atoms with Crippen LogP contribution in [-0.4, -0.2) is 25.8 Å². The number of hydrogen-bond acceptors (Lipinski definition) is 5. The maximum Gasteiger partial charge on any atom is 0.355 e. The van der Waals surface area contributed by atoms with Crippen molar-refractivity contribution in [1.29, 1.82) is 0 Å². The van der Waals surface area contributed by atoms with Gasteiger partial charge in [0.1, 0.15) is 5.82 Å². The Hall–Kier alpha value is -3.99. The average Bonchev–Trinajstić information content (AvgIpc) is 3.51. The van der Waals surface area contributed by atoms with Gasteiger partial charge in [0.05, 0.1) is 11.4 Å². The van der Waals surface area contributed by atoms with Crippen LogP contribution in [0.25, 0.3) is 27.5 Å². The summed E-state index contributed by atoms with van der Waals surface area (Å²) in [6.45, 7) is 0. The van der Waals surface area contributed by atoms with Crippen molar-refractivity contribution >= 4 is 28.3 Å². The number of rotatable bonds is 9. The van der Waals surface area contributed by atoms with Gasteiger partial charge in [-0.1, -0.05) is 58.8 Å². The Kier molecular flexibility index (Phi) is 7.14. The summed E-state index contributed by atoms with van der Waals surface area (Å²) in [5.74, 6) is -1.11. The SMILES string of the molecule is N[SH+](=O)c1ccc(Cc2c(-c3cccc(-c4ccccc4)c3)nn(-c3nc(C(=O)O)cs3)c2CC2CC2)c(F)c1. The summed E-state index contributed by atoms with van der Waals surface area (Å²) in [5, 5.41) is 21.9. The van der Waals surface area contributed by atoms with Crippen molar-refractivity contribution < 1.29 is 18.5 Å². The van der Waals surface area contributed by atoms with Gasteiger partial charge in [0.25, 0.3) is 0 Å². The molecule has 2 heterocycles. The molecule has 0 radical (unpaired) electrons. The number of nitrogens with two attached hydrogens (primary N) is 1. The van der Waals surface area contributed by atoms with Gasteiger partial charge in [-0.2, -0.15) is 5.10 Å². The zero-order valence-corrected chi connectivity index (χ0v) is 23.0. The molecule has 7 nitrogen and oxygen atoms in total. The molecule has 1 aliphatic rings. The zero-order valence-electron chi connectivity index (χ0n) is 21.3. The first-order valence-corrected chi connectivity index (χ1v) is 15.0. The van der Waals surface area contributed by atoms with Crippen molar-refractivity contribution in [2.24, 2.45) is 11.1 Å². The van der Waals surface area contributed by atoms with E-state index in [1.807, 2.05) is 48.5 Å². The van der Waals surface area contributed by atoms with Crippen LogP contribution in [0.3, 0.4) is 0 Å². The first kappa shape index (κ1) is 26.2. The number of thiazole rings is 1. The lowest BCUT2D eigenvalue weighted by Gasteiger charge is -2.10. The smallest absolute Gasteiger partial charge is 0.355 e. The summed E-state index contributed by atoms with van der Waals surface area (Å²) in [5.41, 5.74) is 5.77. The number of hydrogen-bond donors (Lipinski definition) is 2. The monoisotopic (exact) mass is 573 g/mol. The van der Waals surface area contributed by atoms with E-state index in [0.29, 0.717) is 22.3 Å². The van der Waals surface area contributed by atoms with Gasteiger partial charge in [-0.3, -0.25) is 0 Å². The molecule has 1 saturated carbocycles. The maximum atomic E-state index is 15.3. The van der Waals surface area contributed by atoms with Crippen molar-refractivity contribution in [3.05, 3.63) is 107 Å². The Morgan fingerprint density at radius 1 is 1.05 bits per heavy atom. The van der Waals surface area contributed by atoms with Crippen molar-refractivity contribution in [1.82, 2.24) is 14.8 Å². The fraction of sp³-hybridized carbons (Fsp3) is 0.167. The molecule has 0 bridgehead atoms. The summed E-state index contributed by atoms with van der Waals surface area (Å²) in [6, 6.07) is 22.5. The maximum absolute atomic E-state index is 15.3. The molecule has 3 aromatic carbocycles. The van der Waals surface area contributed by atoms with Crippen molar-refractivity contribution in [2.75, 3.05) is 0 Å². The molecule has 6 rings (SSSR count). The van der Waals surface area contributed by atoms with Crippen molar-refractivity contribution in [3.63, 3.8) is 0 Å². The van der Waals surface area contributed by atoms with E-state index in [4.69, 9.17) is 10.2 Å². The lowest BCUT2D eigenvalue weighted by atomic mass is 9.95. The average molecular weight is 574 g/mol. The molecule has 1 atom stereocenters. The number of aromatic carboxylic acids is 1. The van der Waals surface area contributed by atoms with Crippen LogP contribution < -0.4 is 5.14 Å². The number of benzene rings is 3. The first-order valence-electron chi connectivity index (χ1n) is 12.8. The van der Waals surface area contributed by atoms with E-state index in [1.54, 1.807) is 16.8 Å². The Labute approximate surface area is 236 Å². The van der Waals surface area contributed by atoms with Crippen molar-refractivity contribution in [2.45, 2.75) is 30.6 Å². The van der Waals surface area contributed by atoms with Gasteiger partial charge in [-0.15, -0.1) is 16.5 Å². The molecule has 202 valence electrons. The molecule has 1 unspecified atom stereocenters. The van der Waals surface area contributed by atoms with E-state index in [-0.39, 0.29) is 17.0 Å². The molecule has 0 saturated heterocycles. The van der Waals surface area contributed by atoms with E-state index in [2.05, 4.69) is 11.1 Å². The highest BCUT2D eigenvalue weighted by atomic mass is 32.2. The molecular weight excluding hydrogens is 547 g/mol. The number of carbonyl (C=O) groups is 1. The molecule has 5 aromatic rings. The largest absolute Gasteiger partial charge is 0.476 e. The topological polar surface area (TPSA) is 111 Å². The van der Waals surface area contributed by atoms with Crippen LogP contribution in [-0.2, 0) is 28.0 Å². The molecule has 0 spiro atoms. The Morgan fingerprint density at radius 3 is 2.48 bits per heavy atom. The van der Waals surface area contributed by atoms with E-state index >= 15 is 4.39 Å². The minimum Gasteiger partial charge on any atom is -0.476 e. The van der Waals surface area contributed by atoms with Gasteiger partial charge < -0.3 is 5.11 Å². The van der Waals surface area contributed by atoms with Gasteiger partial charge in [-0.05, 0) is 54.0 Å². The second-order valence-electron chi connectivity index (χ2n) is 9.88. The Morgan fingerprint density at radius 2 is 1.80 bits per heavy atom. The molecule has 0 aliphatic heterocycles. The summed E-state index contributed by atoms with van der Waals surface area (Å²) < 4.78 is 28.7. The van der Waals surface area contributed by atoms with Crippen molar-refractivity contribution in [3.8, 4) is 27.5 Å². The highest BCUT2D eigenvalue weighted by Crippen LogP contribution is 2.39. The molecule has 40 heavy (non-hydrogen) atoms. The second-order valence-corrected chi connectivity index (χ2v) is 11.9. The third kappa shape index (κ3) is 5.38. The van der Waals surface area contributed by atoms with Gasteiger partial charge in [0.2, 0.25) is 5.13 Å². The van der Waals surface area contributed by atoms with E-state index in [9.17, 15) is 14.1 Å². The summed E-state index contributed by atoms with van der Waals surface area (Å²) in [7, 11) is -2.15. The lowest BCUT2D eigenvalue weighted by Crippen LogP contribution is -2.07. The van der Waals surface area contributed by atoms with Crippen LogP contribution in [0.2, 0.25) is 0 Å². The van der Waals surface area contributed by atoms with Gasteiger partial charge in [-0.25, -0.2) is 18.9 Å². The number of carboxylic acids is 1. The third-order valence-electron chi connectivity index (χ3n) is 7.06. The predicted octanol–water partition coefficient (Wildman–Crippen LogP) is 5.97. The van der Waals surface area contributed by atoms with Crippen LogP contribution in [0.5, 0.6) is 0 Å². The fourth-order valence-corrected chi connectivity index (χ4v) is 6.04.